The van der Waals surface area contributed by atoms with E-state index in [1.807, 2.05) is 0 Å². The van der Waals surface area contributed by atoms with Crippen LogP contribution in [0.25, 0.3) is 10.1 Å². The Bertz CT molecular complexity index is 1030. The number of anilines is 1. The van der Waals surface area contributed by atoms with Crippen molar-refractivity contribution in [1.29, 1.82) is 0 Å². The summed E-state index contributed by atoms with van der Waals surface area (Å²) in [7, 11) is 0. The Hall–Kier alpha value is -2.64. The SMILES string of the molecule is NC(=O)c1cc2c(NC(=O)C3CCOc4ccc(Cl)cc43)cncc2s1. The molecule has 2 amide bonds. The minimum absolute atomic E-state index is 0.169. The zero-order valence-electron chi connectivity index (χ0n) is 13.5. The Morgan fingerprint density at radius 2 is 2.15 bits per heavy atom. The highest BCUT2D eigenvalue weighted by molar-refractivity contribution is 7.20. The van der Waals surface area contributed by atoms with Gasteiger partial charge >= 0.3 is 0 Å². The molecule has 0 saturated heterocycles. The van der Waals surface area contributed by atoms with E-state index in [9.17, 15) is 9.59 Å². The minimum Gasteiger partial charge on any atom is -0.493 e. The molecule has 0 fully saturated rings. The first kappa shape index (κ1) is 16.8. The number of nitrogens with zero attached hydrogens (tertiary/aromatic N) is 1. The number of hydrogen-bond donors (Lipinski definition) is 2. The van der Waals surface area contributed by atoms with E-state index in [1.54, 1.807) is 36.7 Å². The van der Waals surface area contributed by atoms with Crippen molar-refractivity contribution in [1.82, 2.24) is 4.98 Å². The van der Waals surface area contributed by atoms with E-state index in [4.69, 9.17) is 22.1 Å². The van der Waals surface area contributed by atoms with E-state index in [2.05, 4.69) is 10.3 Å². The monoisotopic (exact) mass is 387 g/mol. The molecule has 26 heavy (non-hydrogen) atoms. The van der Waals surface area contributed by atoms with Crippen molar-refractivity contribution in [3.05, 3.63) is 52.1 Å². The van der Waals surface area contributed by atoms with Crippen molar-refractivity contribution >= 4 is 50.5 Å². The zero-order chi connectivity index (χ0) is 18.3. The molecule has 1 aliphatic rings. The van der Waals surface area contributed by atoms with Gasteiger partial charge in [-0.3, -0.25) is 14.6 Å². The molecule has 0 saturated carbocycles. The molecule has 8 heteroatoms. The molecule has 3 heterocycles. The lowest BCUT2D eigenvalue weighted by molar-refractivity contribution is -0.118. The summed E-state index contributed by atoms with van der Waals surface area (Å²) >= 11 is 7.32. The molecule has 0 bridgehead atoms. The van der Waals surface area contributed by atoms with Crippen LogP contribution in [0, 0.1) is 0 Å². The third-order valence-electron chi connectivity index (χ3n) is 4.27. The molecule has 0 aliphatic carbocycles. The molecule has 4 rings (SSSR count). The molecule has 0 radical (unpaired) electrons. The number of rotatable bonds is 3. The highest BCUT2D eigenvalue weighted by Crippen LogP contribution is 2.37. The normalized spacial score (nSPS) is 16.0. The van der Waals surface area contributed by atoms with E-state index < -0.39 is 5.91 Å². The third kappa shape index (κ3) is 3.00. The number of amides is 2. The fourth-order valence-electron chi connectivity index (χ4n) is 3.04. The van der Waals surface area contributed by atoms with Crippen LogP contribution in [0.1, 0.15) is 27.6 Å². The number of primary amides is 1. The van der Waals surface area contributed by atoms with Gasteiger partial charge in [-0.1, -0.05) is 11.6 Å². The first-order valence-electron chi connectivity index (χ1n) is 7.93. The van der Waals surface area contributed by atoms with Crippen LogP contribution in [0.3, 0.4) is 0 Å². The van der Waals surface area contributed by atoms with E-state index in [0.29, 0.717) is 34.4 Å². The third-order valence-corrected chi connectivity index (χ3v) is 5.59. The van der Waals surface area contributed by atoms with Gasteiger partial charge in [0, 0.05) is 22.2 Å². The number of ether oxygens (including phenoxy) is 1. The maximum Gasteiger partial charge on any atom is 0.258 e. The summed E-state index contributed by atoms with van der Waals surface area (Å²) in [5, 5.41) is 4.22. The lowest BCUT2D eigenvalue weighted by Crippen LogP contribution is -2.26. The second kappa shape index (κ2) is 6.59. The van der Waals surface area contributed by atoms with Crippen LogP contribution in [0.15, 0.2) is 36.7 Å². The Morgan fingerprint density at radius 3 is 2.96 bits per heavy atom. The van der Waals surface area contributed by atoms with E-state index >= 15 is 0 Å². The van der Waals surface area contributed by atoms with Gasteiger partial charge in [-0.25, -0.2) is 0 Å². The van der Waals surface area contributed by atoms with Gasteiger partial charge in [0.2, 0.25) is 5.91 Å². The van der Waals surface area contributed by atoms with Crippen molar-refractivity contribution in [2.24, 2.45) is 5.73 Å². The summed E-state index contributed by atoms with van der Waals surface area (Å²) in [6, 6.07) is 6.95. The lowest BCUT2D eigenvalue weighted by Gasteiger charge is -2.25. The topological polar surface area (TPSA) is 94.3 Å². The molecule has 1 atom stereocenters. The summed E-state index contributed by atoms with van der Waals surface area (Å²) in [6.45, 7) is 0.458. The number of fused-ring (bicyclic) bond motifs is 2. The van der Waals surface area contributed by atoms with Gasteiger partial charge in [-0.05, 0) is 30.7 Å². The van der Waals surface area contributed by atoms with Crippen LogP contribution in [0.4, 0.5) is 5.69 Å². The van der Waals surface area contributed by atoms with Crippen molar-refractivity contribution in [2.75, 3.05) is 11.9 Å². The molecule has 1 aliphatic heterocycles. The van der Waals surface area contributed by atoms with E-state index in [-0.39, 0.29) is 11.8 Å². The lowest BCUT2D eigenvalue weighted by atomic mass is 9.92. The summed E-state index contributed by atoms with van der Waals surface area (Å²) in [6.07, 6.45) is 3.76. The van der Waals surface area contributed by atoms with Crippen LogP contribution >= 0.6 is 22.9 Å². The molecule has 2 aromatic heterocycles. The van der Waals surface area contributed by atoms with E-state index in [1.165, 1.54) is 11.3 Å². The summed E-state index contributed by atoms with van der Waals surface area (Å²) < 4.78 is 6.39. The second-order valence-electron chi connectivity index (χ2n) is 5.93. The quantitative estimate of drug-likeness (QED) is 0.718. The molecule has 0 spiro atoms. The first-order valence-corrected chi connectivity index (χ1v) is 9.13. The number of pyridine rings is 1. The summed E-state index contributed by atoms with van der Waals surface area (Å²) in [4.78, 5) is 28.9. The number of hydrogen-bond acceptors (Lipinski definition) is 5. The van der Waals surface area contributed by atoms with Gasteiger partial charge in [-0.15, -0.1) is 11.3 Å². The first-order chi connectivity index (χ1) is 12.5. The minimum atomic E-state index is -0.503. The highest BCUT2D eigenvalue weighted by atomic mass is 35.5. The van der Waals surface area contributed by atoms with E-state index in [0.717, 1.165) is 15.6 Å². The number of nitrogens with one attached hydrogen (secondary N) is 1. The fraction of sp³-hybridized carbons (Fsp3) is 0.167. The van der Waals surface area contributed by atoms with Crippen LogP contribution in [0.5, 0.6) is 5.75 Å². The maximum absolute atomic E-state index is 12.9. The van der Waals surface area contributed by atoms with Gasteiger partial charge in [0.05, 0.1) is 34.0 Å². The Balaban J connectivity index is 1.67. The van der Waals surface area contributed by atoms with Crippen molar-refractivity contribution < 1.29 is 14.3 Å². The predicted octanol–water partition coefficient (Wildman–Crippen LogP) is 3.55. The van der Waals surface area contributed by atoms with Gasteiger partial charge in [0.15, 0.2) is 0 Å². The summed E-state index contributed by atoms with van der Waals surface area (Å²) in [5.74, 6) is -0.375. The number of carbonyl (C=O) groups is 2. The average molecular weight is 388 g/mol. The number of carbonyl (C=O) groups excluding carboxylic acids is 2. The molecule has 6 nitrogen and oxygen atoms in total. The number of halogens is 1. The molecule has 1 aromatic carbocycles. The largest absolute Gasteiger partial charge is 0.493 e. The summed E-state index contributed by atoms with van der Waals surface area (Å²) in [5.41, 5.74) is 6.67. The van der Waals surface area contributed by atoms with Crippen LogP contribution < -0.4 is 15.8 Å². The molecule has 3 N–H and O–H groups in total. The molecular formula is C18H14ClN3O3S. The second-order valence-corrected chi connectivity index (χ2v) is 7.46. The van der Waals surface area contributed by atoms with Crippen molar-refractivity contribution in [3.63, 3.8) is 0 Å². The smallest absolute Gasteiger partial charge is 0.258 e. The molecule has 1 unspecified atom stereocenters. The molecule has 3 aromatic rings. The highest BCUT2D eigenvalue weighted by Gasteiger charge is 2.28. The Morgan fingerprint density at radius 1 is 1.31 bits per heavy atom. The van der Waals surface area contributed by atoms with Gasteiger partial charge in [0.25, 0.3) is 5.91 Å². The van der Waals surface area contributed by atoms with Crippen LogP contribution in [-0.2, 0) is 4.79 Å². The van der Waals surface area contributed by atoms with Crippen LogP contribution in [0.2, 0.25) is 5.02 Å². The number of nitrogens with two attached hydrogens (primary N) is 1. The average Bonchev–Trinajstić information content (AvgIpc) is 3.07. The Kier molecular flexibility index (Phi) is 4.26. The zero-order valence-corrected chi connectivity index (χ0v) is 15.1. The predicted molar refractivity (Wildman–Crippen MR) is 101 cm³/mol. The number of benzene rings is 1. The Labute approximate surface area is 157 Å². The molecular weight excluding hydrogens is 374 g/mol. The number of thiophene rings is 1. The van der Waals surface area contributed by atoms with Crippen LogP contribution in [-0.4, -0.2) is 23.4 Å². The number of aromatic nitrogens is 1. The standard InChI is InChI=1S/C18H14ClN3O3S/c19-9-1-2-14-11(5-9)10(3-4-25-14)18(24)22-13-7-21-8-16-12(13)6-15(26-16)17(20)23/h1-2,5-8,10H,3-4H2,(H2,20,23)(H,22,24). The maximum atomic E-state index is 12.9. The van der Waals surface area contributed by atoms with Gasteiger partial charge in [-0.2, -0.15) is 0 Å². The van der Waals surface area contributed by atoms with Gasteiger partial charge in [0.1, 0.15) is 5.75 Å². The molecule has 132 valence electrons. The van der Waals surface area contributed by atoms with Crippen molar-refractivity contribution in [2.45, 2.75) is 12.3 Å². The van der Waals surface area contributed by atoms with Crippen molar-refractivity contribution in [3.8, 4) is 5.75 Å². The van der Waals surface area contributed by atoms with Gasteiger partial charge < -0.3 is 15.8 Å². The fourth-order valence-corrected chi connectivity index (χ4v) is 4.13.